The quantitative estimate of drug-likeness (QED) is 0.500. The third kappa shape index (κ3) is 8.16. The molecule has 4 nitrogen and oxygen atoms in total. The van der Waals surface area contributed by atoms with Crippen molar-refractivity contribution < 1.29 is 14.6 Å². The van der Waals surface area contributed by atoms with Crippen LogP contribution in [0.5, 0.6) is 0 Å². The summed E-state index contributed by atoms with van der Waals surface area (Å²) in [6, 6.07) is 8.46. The molecule has 0 unspecified atom stereocenters. The lowest BCUT2D eigenvalue weighted by Gasteiger charge is -2.25. The van der Waals surface area contributed by atoms with E-state index < -0.39 is 6.10 Å². The summed E-state index contributed by atoms with van der Waals surface area (Å²) in [7, 11) is 1.70. The number of terminal acetylenes is 1. The normalized spacial score (nSPS) is 12.3. The third-order valence-corrected chi connectivity index (χ3v) is 3.31. The van der Waals surface area contributed by atoms with Crippen LogP contribution in [-0.2, 0) is 16.0 Å². The molecular formula is C18H27NO3. The van der Waals surface area contributed by atoms with E-state index in [4.69, 9.17) is 15.9 Å². The van der Waals surface area contributed by atoms with Crippen molar-refractivity contribution in [3.8, 4) is 12.3 Å². The van der Waals surface area contributed by atoms with Crippen molar-refractivity contribution in [3.05, 3.63) is 35.4 Å². The maximum Gasteiger partial charge on any atom is 0.107 e. The predicted molar refractivity (Wildman–Crippen MR) is 88.6 cm³/mol. The van der Waals surface area contributed by atoms with Gasteiger partial charge in [-0.15, -0.1) is 6.42 Å². The SMILES string of the molecule is C#CCOC[C@H](O)CN(CCCOC)Cc1ccc(C)cc1. The fourth-order valence-corrected chi connectivity index (χ4v) is 2.22. The van der Waals surface area contributed by atoms with Crippen molar-refractivity contribution in [1.29, 1.82) is 0 Å². The van der Waals surface area contributed by atoms with E-state index in [0.717, 1.165) is 19.5 Å². The standard InChI is InChI=1S/C18H27NO3/c1-4-11-22-15-18(20)14-19(10-5-12-21-3)13-17-8-6-16(2)7-9-17/h1,6-9,18,20H,5,10-15H2,2-3H3/t18-/m1/s1. The average molecular weight is 305 g/mol. The Morgan fingerprint density at radius 2 is 2.05 bits per heavy atom. The van der Waals surface area contributed by atoms with E-state index in [1.807, 2.05) is 0 Å². The Bertz CT molecular complexity index is 439. The summed E-state index contributed by atoms with van der Waals surface area (Å²) in [4.78, 5) is 2.22. The molecule has 22 heavy (non-hydrogen) atoms. The highest BCUT2D eigenvalue weighted by Crippen LogP contribution is 2.08. The van der Waals surface area contributed by atoms with E-state index in [1.165, 1.54) is 11.1 Å². The summed E-state index contributed by atoms with van der Waals surface area (Å²) in [6.45, 7) is 5.52. The molecule has 0 aromatic heterocycles. The van der Waals surface area contributed by atoms with Crippen molar-refractivity contribution in [2.75, 3.05) is 40.0 Å². The molecule has 4 heteroatoms. The molecule has 0 bridgehead atoms. The minimum Gasteiger partial charge on any atom is -0.389 e. The van der Waals surface area contributed by atoms with Crippen LogP contribution in [0.25, 0.3) is 0 Å². The predicted octanol–water partition coefficient (Wildman–Crippen LogP) is 1.84. The minimum absolute atomic E-state index is 0.235. The van der Waals surface area contributed by atoms with Gasteiger partial charge in [-0.25, -0.2) is 0 Å². The number of aliphatic hydroxyl groups is 1. The fourth-order valence-electron chi connectivity index (χ4n) is 2.22. The molecule has 122 valence electrons. The number of aliphatic hydroxyl groups excluding tert-OH is 1. The van der Waals surface area contributed by atoms with Crippen LogP contribution in [0.4, 0.5) is 0 Å². The third-order valence-electron chi connectivity index (χ3n) is 3.31. The summed E-state index contributed by atoms with van der Waals surface area (Å²) in [6.07, 6.45) is 5.52. The van der Waals surface area contributed by atoms with Gasteiger partial charge in [0.2, 0.25) is 0 Å². The highest BCUT2D eigenvalue weighted by Gasteiger charge is 2.12. The summed E-state index contributed by atoms with van der Waals surface area (Å²) in [5.74, 6) is 2.40. The topological polar surface area (TPSA) is 41.9 Å². The Hall–Kier alpha value is -1.38. The van der Waals surface area contributed by atoms with Crippen molar-refractivity contribution in [2.24, 2.45) is 0 Å². The molecule has 0 saturated heterocycles. The van der Waals surface area contributed by atoms with Gasteiger partial charge < -0.3 is 14.6 Å². The molecule has 0 amide bonds. The molecule has 0 spiro atoms. The van der Waals surface area contributed by atoms with Gasteiger partial charge in [-0.3, -0.25) is 4.90 Å². The second-order valence-electron chi connectivity index (χ2n) is 5.44. The summed E-state index contributed by atoms with van der Waals surface area (Å²) >= 11 is 0. The van der Waals surface area contributed by atoms with Crippen LogP contribution in [0.2, 0.25) is 0 Å². The molecule has 0 fully saturated rings. The second kappa shape index (κ2) is 11.2. The van der Waals surface area contributed by atoms with E-state index in [-0.39, 0.29) is 13.2 Å². The van der Waals surface area contributed by atoms with Gasteiger partial charge in [-0.1, -0.05) is 35.7 Å². The van der Waals surface area contributed by atoms with Crippen LogP contribution in [0, 0.1) is 19.3 Å². The Morgan fingerprint density at radius 1 is 1.32 bits per heavy atom. The maximum absolute atomic E-state index is 10.1. The van der Waals surface area contributed by atoms with Gasteiger partial charge in [-0.05, 0) is 18.9 Å². The van der Waals surface area contributed by atoms with Crippen LogP contribution in [0.3, 0.4) is 0 Å². The number of aryl methyl sites for hydroxylation is 1. The van der Waals surface area contributed by atoms with Crippen molar-refractivity contribution in [2.45, 2.75) is 26.0 Å². The molecule has 0 saturated carbocycles. The maximum atomic E-state index is 10.1. The van der Waals surface area contributed by atoms with E-state index in [0.29, 0.717) is 13.2 Å². The summed E-state index contributed by atoms with van der Waals surface area (Å²) in [5, 5.41) is 10.1. The number of methoxy groups -OCH3 is 1. The zero-order valence-corrected chi connectivity index (χ0v) is 13.6. The fraction of sp³-hybridized carbons (Fsp3) is 0.556. The Balaban J connectivity index is 2.51. The van der Waals surface area contributed by atoms with Crippen molar-refractivity contribution in [3.63, 3.8) is 0 Å². The number of ether oxygens (including phenoxy) is 2. The lowest BCUT2D eigenvalue weighted by molar-refractivity contribution is 0.0244. The van der Waals surface area contributed by atoms with Crippen LogP contribution in [0.15, 0.2) is 24.3 Å². The van der Waals surface area contributed by atoms with E-state index in [9.17, 15) is 5.11 Å². The molecule has 1 rings (SSSR count). The molecule has 0 aliphatic carbocycles. The molecular weight excluding hydrogens is 278 g/mol. The van der Waals surface area contributed by atoms with Gasteiger partial charge >= 0.3 is 0 Å². The second-order valence-corrected chi connectivity index (χ2v) is 5.44. The molecule has 0 aliphatic rings. The number of rotatable bonds is 11. The number of hydrogen-bond donors (Lipinski definition) is 1. The molecule has 1 N–H and O–H groups in total. The molecule has 0 aliphatic heterocycles. The van der Waals surface area contributed by atoms with Gasteiger partial charge in [0.05, 0.1) is 12.7 Å². The first-order valence-corrected chi connectivity index (χ1v) is 7.61. The lowest BCUT2D eigenvalue weighted by Crippen LogP contribution is -2.35. The molecule has 1 aromatic carbocycles. The zero-order chi connectivity index (χ0) is 16.2. The Labute approximate surface area is 134 Å². The summed E-state index contributed by atoms with van der Waals surface area (Å²) in [5.41, 5.74) is 2.48. The number of hydrogen-bond acceptors (Lipinski definition) is 4. The average Bonchev–Trinajstić information content (AvgIpc) is 2.50. The van der Waals surface area contributed by atoms with Crippen LogP contribution >= 0.6 is 0 Å². The molecule has 0 radical (unpaired) electrons. The van der Waals surface area contributed by atoms with Crippen LogP contribution < -0.4 is 0 Å². The molecule has 1 aromatic rings. The molecule has 1 atom stereocenters. The van der Waals surface area contributed by atoms with Gasteiger partial charge in [0, 0.05) is 33.4 Å². The van der Waals surface area contributed by atoms with Crippen LogP contribution in [0.1, 0.15) is 17.5 Å². The van der Waals surface area contributed by atoms with Crippen molar-refractivity contribution in [1.82, 2.24) is 4.90 Å². The highest BCUT2D eigenvalue weighted by molar-refractivity contribution is 5.21. The summed E-state index contributed by atoms with van der Waals surface area (Å²) < 4.78 is 10.3. The monoisotopic (exact) mass is 305 g/mol. The van der Waals surface area contributed by atoms with E-state index >= 15 is 0 Å². The van der Waals surface area contributed by atoms with Gasteiger partial charge in [0.15, 0.2) is 0 Å². The van der Waals surface area contributed by atoms with Gasteiger partial charge in [0.1, 0.15) is 6.61 Å². The van der Waals surface area contributed by atoms with Crippen molar-refractivity contribution >= 4 is 0 Å². The van der Waals surface area contributed by atoms with Gasteiger partial charge in [0.25, 0.3) is 0 Å². The first kappa shape index (κ1) is 18.7. The van der Waals surface area contributed by atoms with Gasteiger partial charge in [-0.2, -0.15) is 0 Å². The number of benzene rings is 1. The first-order valence-electron chi connectivity index (χ1n) is 7.61. The van der Waals surface area contributed by atoms with E-state index in [2.05, 4.69) is 42.0 Å². The lowest BCUT2D eigenvalue weighted by atomic mass is 10.1. The van der Waals surface area contributed by atoms with E-state index in [1.54, 1.807) is 7.11 Å². The Kier molecular flexibility index (Phi) is 9.52. The highest BCUT2D eigenvalue weighted by atomic mass is 16.5. The molecule has 0 heterocycles. The smallest absolute Gasteiger partial charge is 0.107 e. The van der Waals surface area contributed by atoms with Crippen LogP contribution in [-0.4, -0.2) is 56.1 Å². The minimum atomic E-state index is -0.540. The first-order chi connectivity index (χ1) is 10.7. The number of nitrogens with zero attached hydrogens (tertiary/aromatic N) is 1. The largest absolute Gasteiger partial charge is 0.389 e. The Morgan fingerprint density at radius 3 is 2.68 bits per heavy atom. The zero-order valence-electron chi connectivity index (χ0n) is 13.6.